The van der Waals surface area contributed by atoms with Gasteiger partial charge in [0.15, 0.2) is 0 Å². The highest BCUT2D eigenvalue weighted by Gasteiger charge is 2.34. The number of rotatable bonds is 5. The van der Waals surface area contributed by atoms with Crippen LogP contribution in [0.25, 0.3) is 0 Å². The van der Waals surface area contributed by atoms with E-state index in [9.17, 15) is 9.59 Å². The quantitative estimate of drug-likeness (QED) is 0.705. The van der Waals surface area contributed by atoms with Gasteiger partial charge in [-0.2, -0.15) is 0 Å². The minimum atomic E-state index is -0.852. The highest BCUT2D eigenvalue weighted by Crippen LogP contribution is 2.35. The van der Waals surface area contributed by atoms with Gasteiger partial charge in [0, 0.05) is 5.41 Å². The largest absolute Gasteiger partial charge is 0.481 e. The van der Waals surface area contributed by atoms with Crippen LogP contribution < -0.4 is 5.73 Å². The van der Waals surface area contributed by atoms with Crippen molar-refractivity contribution in [2.75, 3.05) is 0 Å². The summed E-state index contributed by atoms with van der Waals surface area (Å²) in [5.41, 5.74) is 4.16. The van der Waals surface area contributed by atoms with Crippen molar-refractivity contribution in [2.45, 2.75) is 40.5 Å². The second kappa shape index (κ2) is 3.98. The maximum atomic E-state index is 11.1. The molecule has 0 aliphatic rings. The Labute approximate surface area is 84.5 Å². The number of carboxylic acid groups (broad SMARTS) is 1. The number of carboxylic acids is 1. The number of hydrogen-bond donors (Lipinski definition) is 2. The molecule has 0 aromatic rings. The average Bonchev–Trinajstić information content (AvgIpc) is 1.79. The summed E-state index contributed by atoms with van der Waals surface area (Å²) in [7, 11) is 0. The molecular weight excluding hydrogens is 182 g/mol. The van der Waals surface area contributed by atoms with Gasteiger partial charge in [0.2, 0.25) is 5.91 Å². The maximum Gasteiger partial charge on any atom is 0.303 e. The third kappa shape index (κ3) is 4.25. The van der Waals surface area contributed by atoms with Crippen molar-refractivity contribution < 1.29 is 14.7 Å². The molecule has 0 spiro atoms. The van der Waals surface area contributed by atoms with Gasteiger partial charge in [0.25, 0.3) is 0 Å². The van der Waals surface area contributed by atoms with E-state index in [-0.39, 0.29) is 6.42 Å². The summed E-state index contributed by atoms with van der Waals surface area (Å²) < 4.78 is 0. The Morgan fingerprint density at radius 1 is 1.21 bits per heavy atom. The summed E-state index contributed by atoms with van der Waals surface area (Å²) in [6, 6.07) is 0. The summed E-state index contributed by atoms with van der Waals surface area (Å²) in [6.45, 7) is 7.12. The minimum Gasteiger partial charge on any atom is -0.481 e. The summed E-state index contributed by atoms with van der Waals surface area (Å²) in [5, 5.41) is 8.67. The molecular formula is C10H19NO3. The fourth-order valence-corrected chi connectivity index (χ4v) is 1.76. The number of aliphatic carboxylic acids is 1. The van der Waals surface area contributed by atoms with Crippen LogP contribution in [-0.2, 0) is 9.59 Å². The zero-order valence-corrected chi connectivity index (χ0v) is 9.26. The van der Waals surface area contributed by atoms with Crippen LogP contribution in [0.3, 0.4) is 0 Å². The van der Waals surface area contributed by atoms with Gasteiger partial charge in [-0.1, -0.05) is 27.7 Å². The normalized spacial score (nSPS) is 12.6. The Kier molecular flexibility index (Phi) is 3.68. The fourth-order valence-electron chi connectivity index (χ4n) is 1.76. The lowest BCUT2D eigenvalue weighted by Crippen LogP contribution is -2.36. The van der Waals surface area contributed by atoms with Crippen LogP contribution in [0.5, 0.6) is 0 Å². The van der Waals surface area contributed by atoms with Crippen LogP contribution in [0, 0.1) is 10.8 Å². The first-order chi connectivity index (χ1) is 6.07. The third-order valence-electron chi connectivity index (χ3n) is 2.22. The molecule has 1 amide bonds. The van der Waals surface area contributed by atoms with Gasteiger partial charge in [-0.15, -0.1) is 0 Å². The van der Waals surface area contributed by atoms with Crippen LogP contribution in [0.1, 0.15) is 40.5 Å². The van der Waals surface area contributed by atoms with E-state index in [1.165, 1.54) is 0 Å². The molecule has 3 N–H and O–H groups in total. The Morgan fingerprint density at radius 2 is 1.64 bits per heavy atom. The molecule has 0 unspecified atom stereocenters. The van der Waals surface area contributed by atoms with Crippen LogP contribution in [0.15, 0.2) is 0 Å². The Bertz CT molecular complexity index is 244. The lowest BCUT2D eigenvalue weighted by Gasteiger charge is -2.31. The monoisotopic (exact) mass is 201 g/mol. The lowest BCUT2D eigenvalue weighted by atomic mass is 9.73. The molecule has 0 aromatic heterocycles. The average molecular weight is 201 g/mol. The van der Waals surface area contributed by atoms with E-state index >= 15 is 0 Å². The van der Waals surface area contributed by atoms with Crippen LogP contribution >= 0.6 is 0 Å². The third-order valence-corrected chi connectivity index (χ3v) is 2.22. The Morgan fingerprint density at radius 3 is 1.93 bits per heavy atom. The smallest absolute Gasteiger partial charge is 0.303 e. The zero-order valence-electron chi connectivity index (χ0n) is 9.26. The Balaban J connectivity index is 4.49. The molecule has 0 radical (unpaired) electrons. The molecule has 14 heavy (non-hydrogen) atoms. The van der Waals surface area contributed by atoms with E-state index < -0.39 is 22.7 Å². The number of amides is 1. The van der Waals surface area contributed by atoms with Crippen molar-refractivity contribution >= 4 is 11.9 Å². The van der Waals surface area contributed by atoms with Crippen molar-refractivity contribution in [1.82, 2.24) is 0 Å². The van der Waals surface area contributed by atoms with E-state index in [0.29, 0.717) is 6.42 Å². The molecule has 0 saturated carbocycles. The first-order valence-corrected chi connectivity index (χ1v) is 4.58. The standard InChI is InChI=1S/C10H19NO3/c1-9(2,5-7(12)13)6-10(3,4)8(11)14/h5-6H2,1-4H3,(H2,11,14)(H,12,13). The van der Waals surface area contributed by atoms with Gasteiger partial charge in [-0.05, 0) is 11.8 Å². The Hall–Kier alpha value is -1.06. The highest BCUT2D eigenvalue weighted by molar-refractivity contribution is 5.80. The summed E-state index contributed by atoms with van der Waals surface area (Å²) in [4.78, 5) is 21.6. The van der Waals surface area contributed by atoms with Crippen molar-refractivity contribution in [3.05, 3.63) is 0 Å². The van der Waals surface area contributed by atoms with Gasteiger partial charge < -0.3 is 10.8 Å². The molecule has 0 saturated heterocycles. The molecule has 0 rings (SSSR count). The van der Waals surface area contributed by atoms with Crippen molar-refractivity contribution in [3.63, 3.8) is 0 Å². The summed E-state index contributed by atoms with van der Waals surface area (Å²) >= 11 is 0. The molecule has 82 valence electrons. The first kappa shape index (κ1) is 12.9. The van der Waals surface area contributed by atoms with Crippen molar-refractivity contribution in [2.24, 2.45) is 16.6 Å². The first-order valence-electron chi connectivity index (χ1n) is 4.58. The second-order valence-corrected chi connectivity index (χ2v) is 5.16. The molecule has 0 aliphatic carbocycles. The zero-order chi connectivity index (χ0) is 11.6. The molecule has 4 heteroatoms. The van der Waals surface area contributed by atoms with Gasteiger partial charge in [-0.25, -0.2) is 0 Å². The van der Waals surface area contributed by atoms with Gasteiger partial charge in [0.1, 0.15) is 0 Å². The van der Waals surface area contributed by atoms with Crippen molar-refractivity contribution in [1.29, 1.82) is 0 Å². The van der Waals surface area contributed by atoms with Crippen molar-refractivity contribution in [3.8, 4) is 0 Å². The van der Waals surface area contributed by atoms with E-state index in [4.69, 9.17) is 10.8 Å². The number of primary amides is 1. The number of nitrogens with two attached hydrogens (primary N) is 1. The van der Waals surface area contributed by atoms with E-state index in [1.54, 1.807) is 13.8 Å². The molecule has 0 aliphatic heterocycles. The lowest BCUT2D eigenvalue weighted by molar-refractivity contribution is -0.140. The molecule has 0 aromatic carbocycles. The number of hydrogen-bond acceptors (Lipinski definition) is 2. The minimum absolute atomic E-state index is 0.0453. The SMILES string of the molecule is CC(C)(CC(=O)O)CC(C)(C)C(N)=O. The second-order valence-electron chi connectivity index (χ2n) is 5.16. The molecule has 0 heterocycles. The molecule has 4 nitrogen and oxygen atoms in total. The van der Waals surface area contributed by atoms with Gasteiger partial charge >= 0.3 is 5.97 Å². The van der Waals surface area contributed by atoms with E-state index in [1.807, 2.05) is 13.8 Å². The van der Waals surface area contributed by atoms with E-state index in [0.717, 1.165) is 0 Å². The summed E-state index contributed by atoms with van der Waals surface area (Å²) in [5.74, 6) is -1.24. The van der Waals surface area contributed by atoms with Crippen LogP contribution in [0.2, 0.25) is 0 Å². The number of carbonyl (C=O) groups is 2. The van der Waals surface area contributed by atoms with Gasteiger partial charge in [0.05, 0.1) is 6.42 Å². The van der Waals surface area contributed by atoms with Crippen LogP contribution in [0.4, 0.5) is 0 Å². The summed E-state index contributed by atoms with van der Waals surface area (Å²) in [6.07, 6.45) is 0.519. The van der Waals surface area contributed by atoms with Crippen LogP contribution in [-0.4, -0.2) is 17.0 Å². The van der Waals surface area contributed by atoms with E-state index in [2.05, 4.69) is 0 Å². The van der Waals surface area contributed by atoms with Gasteiger partial charge in [-0.3, -0.25) is 9.59 Å². The molecule has 0 fully saturated rings. The maximum absolute atomic E-state index is 11.1. The number of carbonyl (C=O) groups excluding carboxylic acids is 1. The fraction of sp³-hybridized carbons (Fsp3) is 0.800. The molecule has 0 bridgehead atoms. The molecule has 0 atom stereocenters. The predicted octanol–water partition coefficient (Wildman–Crippen LogP) is 1.39. The topological polar surface area (TPSA) is 80.4 Å². The highest BCUT2D eigenvalue weighted by atomic mass is 16.4. The predicted molar refractivity (Wildman–Crippen MR) is 53.6 cm³/mol.